The Labute approximate surface area is 229 Å². The summed E-state index contributed by atoms with van der Waals surface area (Å²) in [4.78, 5) is 0. The third-order valence-electron chi connectivity index (χ3n) is 1.42. The molecule has 0 heterocycles. The van der Waals surface area contributed by atoms with E-state index in [1.54, 1.807) is 0 Å². The van der Waals surface area contributed by atoms with Gasteiger partial charge in [0.2, 0.25) is 0 Å². The van der Waals surface area contributed by atoms with E-state index in [-0.39, 0.29) is 21.1 Å². The van der Waals surface area contributed by atoms with Crippen LogP contribution >= 0.6 is 0 Å². The van der Waals surface area contributed by atoms with Crippen molar-refractivity contribution in [3.8, 4) is 0 Å². The van der Waals surface area contributed by atoms with Gasteiger partial charge in [-0.3, -0.25) is 0 Å². The van der Waals surface area contributed by atoms with Crippen molar-refractivity contribution in [3.05, 3.63) is 0 Å². The monoisotopic (exact) mass is 843 g/mol. The van der Waals surface area contributed by atoms with E-state index in [0.717, 1.165) is 0 Å². The molecule has 0 aromatic rings. The average Bonchev–Trinajstić information content (AvgIpc) is 2.47. The Morgan fingerprint density at radius 2 is 0.293 bits per heavy atom. The Morgan fingerprint density at radius 3 is 0.293 bits per heavy atom. The van der Waals surface area contributed by atoms with E-state index in [0.29, 0.717) is 0 Å². The van der Waals surface area contributed by atoms with Crippen LogP contribution in [0.4, 0.5) is 65.9 Å². The van der Waals surface area contributed by atoms with Crippen LogP contribution < -0.4 is 0 Å². The Bertz CT molecular complexity index is 1070. The van der Waals surface area contributed by atoms with Crippen molar-refractivity contribution in [3.63, 3.8) is 0 Å². The van der Waals surface area contributed by atoms with Crippen molar-refractivity contribution in [2.45, 2.75) is 27.5 Å². The van der Waals surface area contributed by atoms with Crippen LogP contribution in [0, 0.1) is 0 Å². The van der Waals surface area contributed by atoms with E-state index in [1.165, 1.54) is 0 Å². The Balaban J connectivity index is -0.0000000928. The summed E-state index contributed by atoms with van der Waals surface area (Å²) in [6.07, 6.45) is 0. The molecule has 0 aromatic carbocycles. The number of alkyl halides is 15. The zero-order valence-electron chi connectivity index (χ0n) is 16.7. The molecule has 36 heteroatoms. The van der Waals surface area contributed by atoms with E-state index in [1.807, 2.05) is 0 Å². The fraction of sp³-hybridized carbons (Fsp3) is 1.00. The van der Waals surface area contributed by atoms with Crippen molar-refractivity contribution < 1.29 is 152 Å². The number of hydrogen-bond acceptors (Lipinski definition) is 15. The van der Waals surface area contributed by atoms with E-state index >= 15 is 0 Å². The Kier molecular flexibility index (Phi) is 21.0. The van der Waals surface area contributed by atoms with Gasteiger partial charge in [0.25, 0.3) is 0 Å². The molecule has 0 bridgehead atoms. The molecule has 15 nitrogen and oxygen atoms in total. The van der Waals surface area contributed by atoms with E-state index < -0.39 is 78.1 Å². The summed E-state index contributed by atoms with van der Waals surface area (Å²) in [5, 5.41) is 0. The van der Waals surface area contributed by atoms with Gasteiger partial charge in [-0.25, -0.2) is 42.1 Å². The maximum atomic E-state index is 10.7. The second kappa shape index (κ2) is 16.3. The molecule has 0 unspecified atom stereocenters. The third-order valence-corrected chi connectivity index (χ3v) is 4.25. The molecule has 0 amide bonds. The minimum Gasteiger partial charge on any atom is -0.741 e. The molecule has 251 valence electrons. The van der Waals surface area contributed by atoms with Gasteiger partial charge in [-0.05, 0) is 0 Å². The van der Waals surface area contributed by atoms with Gasteiger partial charge in [0, 0.05) is 0 Å². The maximum Gasteiger partial charge on any atom is 5.00 e. The summed E-state index contributed by atoms with van der Waals surface area (Å²) >= 11 is 0. The van der Waals surface area contributed by atoms with Gasteiger partial charge < -0.3 is 22.8 Å². The molecule has 0 aliphatic rings. The summed E-state index contributed by atoms with van der Waals surface area (Å²) in [5.41, 5.74) is -28.2. The SMILES string of the molecule is O=S(=O)([O-])C(F)(F)F.O=S(=O)([O-])C(F)(F)F.O=S(=O)([O-])C(F)(F)F.O=S(=O)([O-])C(F)(F)F.O=S(=O)([O-])C(F)(F)F.[Mo+5]. The molecule has 0 saturated carbocycles. The summed E-state index contributed by atoms with van der Waals surface area (Å²) in [6, 6.07) is 0. The molecule has 0 saturated heterocycles. The first-order chi connectivity index (χ1) is 16.2. The Hall–Kier alpha value is -0.812. The molecule has 0 aromatic heterocycles. The molecule has 0 fully saturated rings. The van der Waals surface area contributed by atoms with Crippen LogP contribution in [0.5, 0.6) is 0 Å². The largest absolute Gasteiger partial charge is 5.00 e. The minimum absolute atomic E-state index is 0. The molecule has 0 rings (SSSR count). The van der Waals surface area contributed by atoms with Crippen LogP contribution in [0.1, 0.15) is 0 Å². The summed E-state index contributed by atoms with van der Waals surface area (Å²) < 4.78 is 295. The van der Waals surface area contributed by atoms with E-state index in [2.05, 4.69) is 0 Å². The molecular formula is C5F15MoO15S5. The molecule has 0 atom stereocenters. The Morgan fingerprint density at radius 1 is 0.268 bits per heavy atom. The predicted octanol–water partition coefficient (Wildman–Crippen LogP) is 0.255. The molecule has 1 radical (unpaired) electrons. The molecule has 0 aliphatic heterocycles. The second-order valence-corrected chi connectivity index (χ2v) is 11.4. The maximum absolute atomic E-state index is 10.7. The molecule has 0 spiro atoms. The van der Waals surface area contributed by atoms with Crippen molar-refractivity contribution >= 4 is 50.6 Å². The van der Waals surface area contributed by atoms with Crippen LogP contribution in [0.2, 0.25) is 0 Å². The van der Waals surface area contributed by atoms with Gasteiger partial charge >= 0.3 is 48.6 Å². The summed E-state index contributed by atoms with van der Waals surface area (Å²) in [5.74, 6) is 0. The van der Waals surface area contributed by atoms with Gasteiger partial charge in [0.15, 0.2) is 50.6 Å². The smallest absolute Gasteiger partial charge is 0.741 e. The first-order valence-electron chi connectivity index (χ1n) is 6.36. The van der Waals surface area contributed by atoms with Crippen LogP contribution in [-0.4, -0.2) is 92.4 Å². The van der Waals surface area contributed by atoms with Crippen molar-refractivity contribution in [2.24, 2.45) is 0 Å². The third kappa shape index (κ3) is 27.8. The van der Waals surface area contributed by atoms with Crippen molar-refractivity contribution in [2.75, 3.05) is 0 Å². The molecule has 0 aliphatic carbocycles. The number of hydrogen-bond donors (Lipinski definition) is 0. The number of halogens is 15. The van der Waals surface area contributed by atoms with E-state index in [4.69, 9.17) is 64.9 Å². The topological polar surface area (TPSA) is 286 Å². The van der Waals surface area contributed by atoms with Crippen LogP contribution in [0.15, 0.2) is 0 Å². The van der Waals surface area contributed by atoms with Gasteiger partial charge in [0.1, 0.15) is 0 Å². The molecular weight excluding hydrogens is 841 g/mol. The van der Waals surface area contributed by atoms with Crippen LogP contribution in [0.25, 0.3) is 0 Å². The fourth-order valence-electron chi connectivity index (χ4n) is 0. The summed E-state index contributed by atoms with van der Waals surface area (Å²) in [7, 11) is -30.5. The zero-order valence-corrected chi connectivity index (χ0v) is 22.8. The first kappa shape index (κ1) is 52.8. The van der Waals surface area contributed by atoms with Gasteiger partial charge in [0.05, 0.1) is 0 Å². The minimum atomic E-state index is -6.09. The van der Waals surface area contributed by atoms with Crippen molar-refractivity contribution in [1.29, 1.82) is 0 Å². The molecule has 41 heavy (non-hydrogen) atoms. The fourth-order valence-corrected chi connectivity index (χ4v) is 0. The quantitative estimate of drug-likeness (QED) is 0.137. The predicted molar refractivity (Wildman–Crippen MR) is 78.8 cm³/mol. The second-order valence-electron chi connectivity index (χ2n) is 4.50. The zero-order chi connectivity index (χ0) is 35.0. The summed E-state index contributed by atoms with van der Waals surface area (Å²) in [6.45, 7) is 0. The van der Waals surface area contributed by atoms with Gasteiger partial charge in [-0.15, -0.1) is 0 Å². The van der Waals surface area contributed by atoms with Crippen molar-refractivity contribution in [1.82, 2.24) is 0 Å². The number of rotatable bonds is 0. The standard InChI is InChI=1S/5CHF3O3S.Mo/c5*2-1(3,4)8(5,6)7;/h5*(H,5,6,7);/q;;;;;+5/p-5. The van der Waals surface area contributed by atoms with Gasteiger partial charge in [-0.2, -0.15) is 65.9 Å². The normalized spacial score (nSPS) is 13.7. The van der Waals surface area contributed by atoms with E-state index in [9.17, 15) is 65.9 Å². The van der Waals surface area contributed by atoms with Crippen LogP contribution in [0.3, 0.4) is 0 Å². The first-order valence-corrected chi connectivity index (χ1v) is 13.4. The molecule has 0 N–H and O–H groups in total. The average molecular weight is 841 g/mol. The van der Waals surface area contributed by atoms with Gasteiger partial charge in [-0.1, -0.05) is 0 Å². The van der Waals surface area contributed by atoms with Crippen LogP contribution in [-0.2, 0) is 71.7 Å².